The van der Waals surface area contributed by atoms with Gasteiger partial charge in [0.2, 0.25) is 0 Å². The average molecular weight is 303 g/mol. The molecule has 0 bridgehead atoms. The van der Waals surface area contributed by atoms with Gasteiger partial charge in [-0.2, -0.15) is 0 Å². The zero-order valence-corrected chi connectivity index (χ0v) is 12.4. The minimum Gasteiger partial charge on any atom is -0.453 e. The van der Waals surface area contributed by atoms with Gasteiger partial charge in [0, 0.05) is 22.9 Å². The van der Waals surface area contributed by atoms with E-state index in [0.717, 1.165) is 37.0 Å². The van der Waals surface area contributed by atoms with Crippen molar-refractivity contribution in [2.75, 3.05) is 12.4 Å². The van der Waals surface area contributed by atoms with Crippen LogP contribution in [0.2, 0.25) is 5.02 Å². The van der Waals surface area contributed by atoms with Gasteiger partial charge in [-0.05, 0) is 30.7 Å². The normalized spacial score (nSPS) is 10.4. The predicted octanol–water partition coefficient (Wildman–Crippen LogP) is 4.26. The average Bonchev–Trinajstić information content (AvgIpc) is 2.42. The summed E-state index contributed by atoms with van der Waals surface area (Å²) in [6.07, 6.45) is 3.84. The molecule has 0 radical (unpaired) electrons. The van der Waals surface area contributed by atoms with Gasteiger partial charge in [-0.15, -0.1) is 0 Å². The highest BCUT2D eigenvalue weighted by Gasteiger charge is 2.05. The van der Waals surface area contributed by atoms with Gasteiger partial charge in [0.15, 0.2) is 0 Å². The summed E-state index contributed by atoms with van der Waals surface area (Å²) in [4.78, 5) is 11.5. The number of hydrogen-bond acceptors (Lipinski definition) is 4. The molecular weight excluding hydrogens is 284 g/mol. The second-order valence-electron chi connectivity index (χ2n) is 4.12. The van der Waals surface area contributed by atoms with Crippen molar-refractivity contribution in [2.45, 2.75) is 32.3 Å². The summed E-state index contributed by atoms with van der Waals surface area (Å²) in [5.74, 6) is 0.757. The van der Waals surface area contributed by atoms with E-state index in [0.29, 0.717) is 5.02 Å². The Morgan fingerprint density at radius 1 is 1.21 bits per heavy atom. The van der Waals surface area contributed by atoms with Crippen molar-refractivity contribution in [2.24, 2.45) is 0 Å². The Morgan fingerprint density at radius 2 is 1.95 bits per heavy atom. The number of halogens is 1. The summed E-state index contributed by atoms with van der Waals surface area (Å²) in [6, 6.07) is 7.33. The first-order valence-corrected chi connectivity index (χ1v) is 7.74. The molecule has 0 heterocycles. The van der Waals surface area contributed by atoms with Gasteiger partial charge in [-0.1, -0.05) is 42.6 Å². The molecule has 0 aliphatic heterocycles. The molecule has 1 aromatic carbocycles. The quantitative estimate of drug-likeness (QED) is 0.575. The summed E-state index contributed by atoms with van der Waals surface area (Å²) in [5.41, 5.74) is 0.820. The number of benzene rings is 1. The van der Waals surface area contributed by atoms with Crippen molar-refractivity contribution in [1.82, 2.24) is 0 Å². The van der Waals surface area contributed by atoms with Gasteiger partial charge >= 0.3 is 5.30 Å². The second kappa shape index (κ2) is 10.1. The van der Waals surface area contributed by atoms with E-state index in [4.69, 9.17) is 21.4 Å². The number of carbonyl (C=O) groups is 1. The van der Waals surface area contributed by atoms with Gasteiger partial charge < -0.3 is 9.84 Å². The summed E-state index contributed by atoms with van der Waals surface area (Å²) < 4.78 is 5.14. The molecule has 3 nitrogen and oxygen atoms in total. The third kappa shape index (κ3) is 7.45. The molecule has 0 aliphatic carbocycles. The van der Waals surface area contributed by atoms with Crippen molar-refractivity contribution < 1.29 is 14.6 Å². The summed E-state index contributed by atoms with van der Waals surface area (Å²) in [7, 11) is 0. The van der Waals surface area contributed by atoms with Crippen LogP contribution in [0.5, 0.6) is 0 Å². The fourth-order valence-corrected chi connectivity index (χ4v) is 2.36. The molecule has 0 atom stereocenters. The molecule has 1 N–H and O–H groups in total. The summed E-state index contributed by atoms with van der Waals surface area (Å²) in [5, 5.41) is 8.97. The summed E-state index contributed by atoms with van der Waals surface area (Å²) in [6.45, 7) is 0.461. The van der Waals surface area contributed by atoms with Gasteiger partial charge in [0.1, 0.15) is 6.61 Å². The maximum absolute atomic E-state index is 11.5. The summed E-state index contributed by atoms with van der Waals surface area (Å²) >= 11 is 7.16. The zero-order valence-electron chi connectivity index (χ0n) is 10.8. The fraction of sp³-hybridized carbons (Fsp3) is 0.500. The monoisotopic (exact) mass is 302 g/mol. The lowest BCUT2D eigenvalue weighted by Gasteiger charge is -2.05. The molecule has 0 aliphatic rings. The number of hydrogen-bond donors (Lipinski definition) is 1. The minimum absolute atomic E-state index is 0.218. The van der Waals surface area contributed by atoms with Gasteiger partial charge in [-0.3, -0.25) is 0 Å². The van der Waals surface area contributed by atoms with Crippen molar-refractivity contribution in [1.29, 1.82) is 0 Å². The maximum Gasteiger partial charge on any atom is 0.367 e. The number of ether oxygens (including phenoxy) is 1. The molecular formula is C14H19ClO3S. The lowest BCUT2D eigenvalue weighted by molar-refractivity contribution is 0.169. The molecule has 0 saturated heterocycles. The van der Waals surface area contributed by atoms with E-state index in [1.54, 1.807) is 6.07 Å². The topological polar surface area (TPSA) is 46.5 Å². The van der Waals surface area contributed by atoms with E-state index in [-0.39, 0.29) is 18.5 Å². The van der Waals surface area contributed by atoms with Crippen LogP contribution in [0, 0.1) is 0 Å². The number of unbranched alkanes of at least 4 members (excludes halogenated alkanes) is 3. The van der Waals surface area contributed by atoms with Gasteiger partial charge in [-0.25, -0.2) is 4.79 Å². The third-order valence-corrected chi connectivity index (χ3v) is 3.79. The number of carbonyl (C=O) groups excluding carboxylic acids is 1. The Balaban J connectivity index is 2.10. The SMILES string of the molecule is O=C(OCc1ccccc1Cl)SCCCCCCO. The molecule has 0 amide bonds. The molecule has 0 saturated carbocycles. The van der Waals surface area contributed by atoms with Crippen LogP contribution in [-0.2, 0) is 11.3 Å². The smallest absolute Gasteiger partial charge is 0.367 e. The van der Waals surface area contributed by atoms with Gasteiger partial charge in [0.25, 0.3) is 0 Å². The highest BCUT2D eigenvalue weighted by atomic mass is 35.5. The van der Waals surface area contributed by atoms with Crippen molar-refractivity contribution in [3.63, 3.8) is 0 Å². The van der Waals surface area contributed by atoms with Crippen molar-refractivity contribution >= 4 is 28.7 Å². The van der Waals surface area contributed by atoms with Crippen LogP contribution in [0.3, 0.4) is 0 Å². The Hall–Kier alpha value is -0.710. The predicted molar refractivity (Wildman–Crippen MR) is 79.6 cm³/mol. The lowest BCUT2D eigenvalue weighted by Crippen LogP contribution is -1.99. The van der Waals surface area contributed by atoms with Crippen LogP contribution in [-0.4, -0.2) is 22.8 Å². The van der Waals surface area contributed by atoms with E-state index >= 15 is 0 Å². The van der Waals surface area contributed by atoms with E-state index in [2.05, 4.69) is 0 Å². The molecule has 0 spiro atoms. The molecule has 0 unspecified atom stereocenters. The maximum atomic E-state index is 11.5. The first kappa shape index (κ1) is 16.3. The highest BCUT2D eigenvalue weighted by Crippen LogP contribution is 2.18. The Morgan fingerprint density at radius 3 is 2.68 bits per heavy atom. The van der Waals surface area contributed by atoms with E-state index in [1.165, 1.54) is 11.8 Å². The number of rotatable bonds is 8. The van der Waals surface area contributed by atoms with E-state index < -0.39 is 0 Å². The molecule has 0 fully saturated rings. The van der Waals surface area contributed by atoms with Crippen LogP contribution >= 0.6 is 23.4 Å². The number of thioether (sulfide) groups is 1. The Labute approximate surface area is 123 Å². The molecule has 1 rings (SSSR count). The Bertz CT molecular complexity index is 385. The minimum atomic E-state index is -0.262. The largest absolute Gasteiger partial charge is 0.453 e. The number of aliphatic hydroxyl groups is 1. The number of aliphatic hydroxyl groups excluding tert-OH is 1. The molecule has 19 heavy (non-hydrogen) atoms. The highest BCUT2D eigenvalue weighted by molar-refractivity contribution is 8.13. The van der Waals surface area contributed by atoms with Gasteiger partial charge in [0.05, 0.1) is 0 Å². The van der Waals surface area contributed by atoms with E-state index in [1.807, 2.05) is 18.2 Å². The Kier molecular flexibility index (Phi) is 8.71. The van der Waals surface area contributed by atoms with Crippen molar-refractivity contribution in [3.8, 4) is 0 Å². The van der Waals surface area contributed by atoms with Crippen LogP contribution in [0.1, 0.15) is 31.2 Å². The molecule has 0 aromatic heterocycles. The molecule has 106 valence electrons. The van der Waals surface area contributed by atoms with Crippen LogP contribution in [0.4, 0.5) is 4.79 Å². The van der Waals surface area contributed by atoms with Crippen molar-refractivity contribution in [3.05, 3.63) is 34.9 Å². The second-order valence-corrected chi connectivity index (χ2v) is 5.55. The molecule has 1 aromatic rings. The lowest BCUT2D eigenvalue weighted by atomic mass is 10.2. The first-order valence-electron chi connectivity index (χ1n) is 6.38. The first-order chi connectivity index (χ1) is 9.24. The van der Waals surface area contributed by atoms with Crippen LogP contribution < -0.4 is 0 Å². The zero-order chi connectivity index (χ0) is 13.9. The standard InChI is InChI=1S/C14H19ClO3S/c15-13-8-4-3-7-12(13)11-18-14(17)19-10-6-2-1-5-9-16/h3-4,7-8,16H,1-2,5-6,9-11H2. The van der Waals surface area contributed by atoms with Crippen LogP contribution in [0.15, 0.2) is 24.3 Å². The molecule has 5 heteroatoms. The van der Waals surface area contributed by atoms with E-state index in [9.17, 15) is 4.79 Å². The van der Waals surface area contributed by atoms with Crippen LogP contribution in [0.25, 0.3) is 0 Å². The fourth-order valence-electron chi connectivity index (χ4n) is 1.52. The third-order valence-electron chi connectivity index (χ3n) is 2.58.